The summed E-state index contributed by atoms with van der Waals surface area (Å²) in [5.74, 6) is 1.33. The second-order valence-corrected chi connectivity index (χ2v) is 4.00. The van der Waals surface area contributed by atoms with Crippen molar-refractivity contribution in [1.29, 1.82) is 0 Å². The third-order valence-corrected chi connectivity index (χ3v) is 2.91. The van der Waals surface area contributed by atoms with Crippen molar-refractivity contribution in [3.63, 3.8) is 0 Å². The van der Waals surface area contributed by atoms with E-state index in [4.69, 9.17) is 15.2 Å². The van der Waals surface area contributed by atoms with Crippen molar-refractivity contribution in [3.05, 3.63) is 46.2 Å². The van der Waals surface area contributed by atoms with Gasteiger partial charge in [-0.15, -0.1) is 0 Å². The van der Waals surface area contributed by atoms with E-state index in [9.17, 15) is 4.79 Å². The molecule has 1 aromatic heterocycles. The van der Waals surface area contributed by atoms with E-state index >= 15 is 0 Å². The molecule has 0 aliphatic rings. The van der Waals surface area contributed by atoms with E-state index in [1.54, 1.807) is 26.4 Å². The number of methoxy groups -OCH3 is 2. The molecule has 0 radical (unpaired) electrons. The fourth-order valence-electron chi connectivity index (χ4n) is 1.84. The molecule has 0 spiro atoms. The highest BCUT2D eigenvalue weighted by Gasteiger charge is 2.09. The van der Waals surface area contributed by atoms with Crippen LogP contribution in [0.5, 0.6) is 11.5 Å². The predicted octanol–water partition coefficient (Wildman–Crippen LogP) is 1.52. The van der Waals surface area contributed by atoms with Gasteiger partial charge >= 0.3 is 0 Å². The first kappa shape index (κ1) is 13.2. The summed E-state index contributed by atoms with van der Waals surface area (Å²) in [5.41, 5.74) is 7.32. The first-order chi connectivity index (χ1) is 9.19. The minimum atomic E-state index is -0.183. The molecule has 1 heterocycles. The van der Waals surface area contributed by atoms with Crippen LogP contribution in [0.15, 0.2) is 35.1 Å². The molecule has 0 aliphatic heterocycles. The molecule has 1 aromatic carbocycles. The number of benzene rings is 1. The van der Waals surface area contributed by atoms with Gasteiger partial charge in [0.1, 0.15) is 11.5 Å². The van der Waals surface area contributed by atoms with Crippen molar-refractivity contribution in [2.45, 2.75) is 6.54 Å². The highest BCUT2D eigenvalue weighted by Crippen LogP contribution is 2.31. The average Bonchev–Trinajstić information content (AvgIpc) is 2.46. The zero-order chi connectivity index (χ0) is 13.8. The van der Waals surface area contributed by atoms with Gasteiger partial charge in [-0.1, -0.05) is 6.07 Å². The summed E-state index contributed by atoms with van der Waals surface area (Å²) in [6, 6.07) is 8.95. The maximum Gasteiger partial charge on any atom is 0.252 e. The van der Waals surface area contributed by atoms with Crippen LogP contribution in [0.4, 0.5) is 0 Å². The van der Waals surface area contributed by atoms with Crippen LogP contribution in [-0.4, -0.2) is 19.2 Å². The molecule has 2 aromatic rings. The Bertz CT molecular complexity index is 635. The molecule has 5 nitrogen and oxygen atoms in total. The summed E-state index contributed by atoms with van der Waals surface area (Å²) in [5, 5.41) is 0. The molecule has 100 valence electrons. The Morgan fingerprint density at radius 2 is 1.95 bits per heavy atom. The summed E-state index contributed by atoms with van der Waals surface area (Å²) in [4.78, 5) is 14.6. The normalized spacial score (nSPS) is 10.3. The maximum absolute atomic E-state index is 11.8. The Balaban J connectivity index is 2.52. The van der Waals surface area contributed by atoms with Gasteiger partial charge in [0.2, 0.25) is 0 Å². The number of H-pyrrole nitrogens is 1. The average molecular weight is 260 g/mol. The molecular weight excluding hydrogens is 244 g/mol. The molecule has 0 fully saturated rings. The van der Waals surface area contributed by atoms with E-state index in [1.807, 2.05) is 18.2 Å². The van der Waals surface area contributed by atoms with Crippen LogP contribution < -0.4 is 20.8 Å². The molecular formula is C14H16N2O3. The van der Waals surface area contributed by atoms with E-state index in [-0.39, 0.29) is 12.1 Å². The molecule has 0 saturated carbocycles. The van der Waals surface area contributed by atoms with Crippen LogP contribution in [0, 0.1) is 0 Å². The quantitative estimate of drug-likeness (QED) is 0.873. The van der Waals surface area contributed by atoms with Gasteiger partial charge in [0.25, 0.3) is 5.56 Å². The highest BCUT2D eigenvalue weighted by atomic mass is 16.5. The minimum Gasteiger partial charge on any atom is -0.497 e. The lowest BCUT2D eigenvalue weighted by molar-refractivity contribution is 0.395. The van der Waals surface area contributed by atoms with Gasteiger partial charge in [-0.25, -0.2) is 0 Å². The number of ether oxygens (including phenoxy) is 2. The van der Waals surface area contributed by atoms with Gasteiger partial charge in [0.15, 0.2) is 0 Å². The SMILES string of the molecule is COc1ccc(-c2ccc(CN)c(=O)[nH]2)c(OC)c1. The van der Waals surface area contributed by atoms with Crippen LogP contribution in [-0.2, 0) is 6.54 Å². The van der Waals surface area contributed by atoms with Gasteiger partial charge in [0, 0.05) is 23.7 Å². The predicted molar refractivity (Wildman–Crippen MR) is 73.5 cm³/mol. The van der Waals surface area contributed by atoms with Crippen molar-refractivity contribution in [2.24, 2.45) is 5.73 Å². The largest absolute Gasteiger partial charge is 0.497 e. The third kappa shape index (κ3) is 2.61. The van der Waals surface area contributed by atoms with Gasteiger partial charge in [-0.2, -0.15) is 0 Å². The fraction of sp³-hybridized carbons (Fsp3) is 0.214. The molecule has 0 bridgehead atoms. The second kappa shape index (κ2) is 5.58. The van der Waals surface area contributed by atoms with E-state index in [2.05, 4.69) is 4.98 Å². The van der Waals surface area contributed by atoms with Crippen LogP contribution in [0.2, 0.25) is 0 Å². The number of aromatic nitrogens is 1. The smallest absolute Gasteiger partial charge is 0.252 e. The molecule has 5 heteroatoms. The summed E-state index contributed by atoms with van der Waals surface area (Å²) >= 11 is 0. The number of aromatic amines is 1. The van der Waals surface area contributed by atoms with E-state index < -0.39 is 0 Å². The van der Waals surface area contributed by atoms with E-state index in [1.165, 1.54) is 0 Å². The van der Waals surface area contributed by atoms with Crippen LogP contribution >= 0.6 is 0 Å². The molecule has 0 saturated heterocycles. The van der Waals surface area contributed by atoms with Gasteiger partial charge in [-0.3, -0.25) is 4.79 Å². The van der Waals surface area contributed by atoms with E-state index in [0.29, 0.717) is 22.8 Å². The zero-order valence-corrected chi connectivity index (χ0v) is 10.9. The van der Waals surface area contributed by atoms with Gasteiger partial charge in [-0.05, 0) is 18.2 Å². The number of nitrogens with two attached hydrogens (primary N) is 1. The third-order valence-electron chi connectivity index (χ3n) is 2.91. The topological polar surface area (TPSA) is 77.3 Å². The van der Waals surface area contributed by atoms with Crippen LogP contribution in [0.1, 0.15) is 5.56 Å². The number of pyridine rings is 1. The maximum atomic E-state index is 11.8. The van der Waals surface area contributed by atoms with Gasteiger partial charge < -0.3 is 20.2 Å². The van der Waals surface area contributed by atoms with Crippen molar-refractivity contribution in [3.8, 4) is 22.8 Å². The summed E-state index contributed by atoms with van der Waals surface area (Å²) in [6.45, 7) is 0.218. The first-order valence-electron chi connectivity index (χ1n) is 5.84. The second-order valence-electron chi connectivity index (χ2n) is 4.00. The molecule has 0 atom stereocenters. The molecule has 2 rings (SSSR count). The summed E-state index contributed by atoms with van der Waals surface area (Å²) < 4.78 is 10.5. The van der Waals surface area contributed by atoms with Crippen molar-refractivity contribution >= 4 is 0 Å². The lowest BCUT2D eigenvalue weighted by atomic mass is 10.1. The zero-order valence-electron chi connectivity index (χ0n) is 10.9. The standard InChI is InChI=1S/C14H16N2O3/c1-18-10-4-5-11(13(7-10)19-2)12-6-3-9(8-15)14(17)16-12/h3-7H,8,15H2,1-2H3,(H,16,17). The molecule has 0 amide bonds. The van der Waals surface area contributed by atoms with Crippen LogP contribution in [0.25, 0.3) is 11.3 Å². The number of nitrogens with one attached hydrogen (secondary N) is 1. The monoisotopic (exact) mass is 260 g/mol. The van der Waals surface area contributed by atoms with E-state index in [0.717, 1.165) is 5.56 Å². The number of hydrogen-bond acceptors (Lipinski definition) is 4. The lowest BCUT2D eigenvalue weighted by Gasteiger charge is -2.10. The van der Waals surface area contributed by atoms with Crippen LogP contribution in [0.3, 0.4) is 0 Å². The summed E-state index contributed by atoms with van der Waals surface area (Å²) in [7, 11) is 3.16. The van der Waals surface area contributed by atoms with Gasteiger partial charge in [0.05, 0.1) is 19.9 Å². The Labute approximate surface area is 111 Å². The Morgan fingerprint density at radius 1 is 1.16 bits per heavy atom. The number of rotatable bonds is 4. The summed E-state index contributed by atoms with van der Waals surface area (Å²) in [6.07, 6.45) is 0. The Hall–Kier alpha value is -2.27. The lowest BCUT2D eigenvalue weighted by Crippen LogP contribution is -2.16. The number of hydrogen-bond donors (Lipinski definition) is 2. The first-order valence-corrected chi connectivity index (χ1v) is 5.84. The highest BCUT2D eigenvalue weighted by molar-refractivity contribution is 5.68. The van der Waals surface area contributed by atoms with Crippen molar-refractivity contribution in [1.82, 2.24) is 4.98 Å². The molecule has 0 aliphatic carbocycles. The minimum absolute atomic E-state index is 0.183. The Kier molecular flexibility index (Phi) is 3.87. The van der Waals surface area contributed by atoms with Crippen molar-refractivity contribution in [2.75, 3.05) is 14.2 Å². The molecule has 19 heavy (non-hydrogen) atoms. The molecule has 3 N–H and O–H groups in total. The molecule has 0 unspecified atom stereocenters. The fourth-order valence-corrected chi connectivity index (χ4v) is 1.84. The van der Waals surface area contributed by atoms with Crippen molar-refractivity contribution < 1.29 is 9.47 Å². The Morgan fingerprint density at radius 3 is 2.53 bits per heavy atom.